The summed E-state index contributed by atoms with van der Waals surface area (Å²) in [6.45, 7) is 5.62. The molecular formula is C22H30BN3O4. The molecule has 2 aromatic rings. The lowest BCUT2D eigenvalue weighted by molar-refractivity contribution is -0.135. The largest absolute Gasteiger partial charge is 0.475 e. The van der Waals surface area contributed by atoms with Crippen molar-refractivity contribution in [3.63, 3.8) is 0 Å². The first-order valence-corrected chi connectivity index (χ1v) is 10.2. The van der Waals surface area contributed by atoms with E-state index in [1.54, 1.807) is 6.92 Å². The van der Waals surface area contributed by atoms with Gasteiger partial charge in [-0.25, -0.2) is 0 Å². The van der Waals surface area contributed by atoms with E-state index in [4.69, 9.17) is 0 Å². The minimum absolute atomic E-state index is 0.000223. The van der Waals surface area contributed by atoms with Crippen LogP contribution in [0.4, 0.5) is 0 Å². The van der Waals surface area contributed by atoms with Gasteiger partial charge >= 0.3 is 7.12 Å². The Kier molecular flexibility index (Phi) is 8.68. The monoisotopic (exact) mass is 411 g/mol. The molecule has 1 amide bonds. The predicted octanol–water partition coefficient (Wildman–Crippen LogP) is 1.77. The van der Waals surface area contributed by atoms with Crippen LogP contribution in [0.5, 0.6) is 0 Å². The molecule has 7 nitrogen and oxygen atoms in total. The highest BCUT2D eigenvalue weighted by Gasteiger charge is 2.38. The number of amides is 1. The van der Waals surface area contributed by atoms with Gasteiger partial charge in [-0.3, -0.25) is 19.6 Å². The summed E-state index contributed by atoms with van der Waals surface area (Å²) in [7, 11) is -1.67. The van der Waals surface area contributed by atoms with Crippen molar-refractivity contribution in [2.45, 2.75) is 52.4 Å². The highest BCUT2D eigenvalue weighted by atomic mass is 16.4. The molecule has 0 aliphatic heterocycles. The molecule has 1 aromatic heterocycles. The van der Waals surface area contributed by atoms with Crippen molar-refractivity contribution in [2.24, 2.45) is 11.3 Å². The Bertz CT molecular complexity index is 818. The van der Waals surface area contributed by atoms with Gasteiger partial charge < -0.3 is 15.4 Å². The van der Waals surface area contributed by atoms with Crippen LogP contribution in [0.25, 0.3) is 0 Å². The van der Waals surface area contributed by atoms with Crippen molar-refractivity contribution in [1.29, 1.82) is 0 Å². The van der Waals surface area contributed by atoms with Crippen molar-refractivity contribution in [3.8, 4) is 0 Å². The topological polar surface area (TPSA) is 112 Å². The van der Waals surface area contributed by atoms with Crippen molar-refractivity contribution in [3.05, 3.63) is 60.2 Å². The Morgan fingerprint density at radius 1 is 1.17 bits per heavy atom. The van der Waals surface area contributed by atoms with Crippen LogP contribution in [0.1, 0.15) is 44.9 Å². The zero-order valence-electron chi connectivity index (χ0n) is 17.8. The van der Waals surface area contributed by atoms with Gasteiger partial charge in [-0.2, -0.15) is 0 Å². The van der Waals surface area contributed by atoms with Crippen LogP contribution in [0.15, 0.2) is 48.9 Å². The average Bonchev–Trinajstić information content (AvgIpc) is 2.68. The number of Topliss-reactive ketones (excluding diaryl/α,β-unsaturated/α-hetero) is 1. The number of nitrogens with one attached hydrogen (secondary N) is 1. The van der Waals surface area contributed by atoms with Gasteiger partial charge in [0.25, 0.3) is 0 Å². The summed E-state index contributed by atoms with van der Waals surface area (Å²) >= 11 is 0. The summed E-state index contributed by atoms with van der Waals surface area (Å²) in [6.07, 6.45) is 5.45. The number of carbonyl (C=O) groups is 2. The Labute approximate surface area is 178 Å². The summed E-state index contributed by atoms with van der Waals surface area (Å²) < 4.78 is 0. The Hall–Kier alpha value is -2.58. The van der Waals surface area contributed by atoms with Crippen LogP contribution in [0.2, 0.25) is 0 Å². The molecule has 30 heavy (non-hydrogen) atoms. The van der Waals surface area contributed by atoms with Crippen molar-refractivity contribution < 1.29 is 19.6 Å². The van der Waals surface area contributed by atoms with E-state index < -0.39 is 18.5 Å². The summed E-state index contributed by atoms with van der Waals surface area (Å²) in [6, 6.07) is 9.47. The van der Waals surface area contributed by atoms with Gasteiger partial charge in [0.1, 0.15) is 5.78 Å². The average molecular weight is 411 g/mol. The molecule has 0 aliphatic rings. The van der Waals surface area contributed by atoms with Gasteiger partial charge in [0.15, 0.2) is 0 Å². The normalized spacial score (nSPS) is 14.1. The zero-order chi connectivity index (χ0) is 22.1. The molecule has 1 heterocycles. The van der Waals surface area contributed by atoms with Crippen LogP contribution >= 0.6 is 0 Å². The Morgan fingerprint density at radius 2 is 1.87 bits per heavy atom. The van der Waals surface area contributed by atoms with Gasteiger partial charge in [0, 0.05) is 25.0 Å². The molecule has 0 saturated heterocycles. The van der Waals surface area contributed by atoms with Gasteiger partial charge in [-0.1, -0.05) is 51.1 Å². The second kappa shape index (κ2) is 11.0. The molecule has 1 aromatic carbocycles. The number of ketones is 1. The number of nitrogens with zero attached hydrogens (tertiary/aromatic N) is 2. The summed E-state index contributed by atoms with van der Waals surface area (Å²) in [5.41, 5.74) is 0.422. The number of aromatic nitrogens is 2. The van der Waals surface area contributed by atoms with Crippen LogP contribution in [0, 0.1) is 11.3 Å². The third kappa shape index (κ3) is 7.35. The van der Waals surface area contributed by atoms with E-state index >= 15 is 0 Å². The van der Waals surface area contributed by atoms with Gasteiger partial charge in [-0.05, 0) is 24.3 Å². The van der Waals surface area contributed by atoms with Crippen molar-refractivity contribution in [1.82, 2.24) is 15.3 Å². The standard InChI is InChI=1S/C22H30BN3O4/c1-16(2)11-20(23(29)30)26-21(28)22(3,13-17-7-5-4-6-8-17)14-19(27)12-18-15-24-9-10-25-18/h4-10,15-16,20,29-30H,11-14H2,1-3H3,(H,26,28)/t20-,22-/m0/s1. The van der Waals surface area contributed by atoms with Crippen LogP contribution in [-0.4, -0.2) is 44.8 Å². The number of hydrogen-bond acceptors (Lipinski definition) is 6. The van der Waals surface area contributed by atoms with E-state index in [1.807, 2.05) is 44.2 Å². The highest BCUT2D eigenvalue weighted by molar-refractivity contribution is 6.43. The first-order chi connectivity index (χ1) is 14.2. The maximum Gasteiger partial charge on any atom is 0.475 e. The van der Waals surface area contributed by atoms with Crippen LogP contribution in [-0.2, 0) is 22.4 Å². The summed E-state index contributed by atoms with van der Waals surface area (Å²) in [5.74, 6) is -1.15. The SMILES string of the molecule is CC(C)C[C@H](NC(=O)[C@](C)(CC(=O)Cc1cnccn1)Cc1ccccc1)B(O)O. The second-order valence-corrected chi connectivity index (χ2v) is 8.44. The van der Waals surface area contributed by atoms with E-state index in [9.17, 15) is 19.6 Å². The first-order valence-electron chi connectivity index (χ1n) is 10.2. The lowest BCUT2D eigenvalue weighted by atomic mass is 9.72. The highest BCUT2D eigenvalue weighted by Crippen LogP contribution is 2.29. The van der Waals surface area contributed by atoms with E-state index in [0.717, 1.165) is 5.56 Å². The maximum absolute atomic E-state index is 13.2. The smallest absolute Gasteiger partial charge is 0.426 e. The molecule has 3 N–H and O–H groups in total. The molecule has 160 valence electrons. The molecule has 0 aliphatic carbocycles. The fraction of sp³-hybridized carbons (Fsp3) is 0.455. The third-order valence-corrected chi connectivity index (χ3v) is 4.97. The predicted molar refractivity (Wildman–Crippen MR) is 115 cm³/mol. The lowest BCUT2D eigenvalue weighted by Gasteiger charge is -2.31. The number of benzene rings is 1. The van der Waals surface area contributed by atoms with E-state index in [1.165, 1.54) is 18.6 Å². The summed E-state index contributed by atoms with van der Waals surface area (Å²) in [4.78, 5) is 34.1. The molecule has 0 unspecified atom stereocenters. The molecule has 8 heteroatoms. The Balaban J connectivity index is 2.21. The number of hydrogen-bond donors (Lipinski definition) is 3. The van der Waals surface area contributed by atoms with Crippen LogP contribution < -0.4 is 5.32 Å². The van der Waals surface area contributed by atoms with Gasteiger partial charge in [0.2, 0.25) is 5.91 Å². The molecule has 2 rings (SSSR count). The minimum Gasteiger partial charge on any atom is -0.426 e. The number of rotatable bonds is 11. The number of carbonyl (C=O) groups excluding carboxylic acids is 2. The fourth-order valence-electron chi connectivity index (χ4n) is 3.50. The van der Waals surface area contributed by atoms with E-state index in [0.29, 0.717) is 18.5 Å². The lowest BCUT2D eigenvalue weighted by Crippen LogP contribution is -2.52. The quantitative estimate of drug-likeness (QED) is 0.486. The van der Waals surface area contributed by atoms with Crippen molar-refractivity contribution >= 4 is 18.8 Å². The first kappa shape index (κ1) is 23.7. The van der Waals surface area contributed by atoms with Crippen LogP contribution in [0.3, 0.4) is 0 Å². The van der Waals surface area contributed by atoms with Crippen molar-refractivity contribution in [2.75, 3.05) is 0 Å². The molecule has 0 fully saturated rings. The van der Waals surface area contributed by atoms with E-state index in [2.05, 4.69) is 15.3 Å². The molecular weight excluding hydrogens is 381 g/mol. The molecule has 0 radical (unpaired) electrons. The zero-order valence-corrected chi connectivity index (χ0v) is 17.8. The van der Waals surface area contributed by atoms with E-state index in [-0.39, 0.29) is 30.4 Å². The maximum atomic E-state index is 13.2. The summed E-state index contributed by atoms with van der Waals surface area (Å²) in [5, 5.41) is 22.2. The second-order valence-electron chi connectivity index (χ2n) is 8.44. The van der Waals surface area contributed by atoms with Gasteiger partial charge in [-0.15, -0.1) is 0 Å². The molecule has 2 atom stereocenters. The third-order valence-electron chi connectivity index (χ3n) is 4.97. The van der Waals surface area contributed by atoms with Gasteiger partial charge in [0.05, 0.1) is 23.5 Å². The fourth-order valence-corrected chi connectivity index (χ4v) is 3.50. The minimum atomic E-state index is -1.67. The molecule has 0 bridgehead atoms. The molecule has 0 saturated carbocycles. The molecule has 0 spiro atoms. The Morgan fingerprint density at radius 3 is 2.43 bits per heavy atom.